The van der Waals surface area contributed by atoms with Crippen LogP contribution in [0.25, 0.3) is 22.6 Å². The molecule has 3 aromatic rings. The van der Waals surface area contributed by atoms with Gasteiger partial charge in [-0.15, -0.1) is 0 Å². The number of hydrogen-bond acceptors (Lipinski definition) is 5. The van der Waals surface area contributed by atoms with Crippen molar-refractivity contribution in [1.29, 1.82) is 0 Å². The van der Waals surface area contributed by atoms with Gasteiger partial charge in [0.2, 0.25) is 5.91 Å². The lowest BCUT2D eigenvalue weighted by Gasteiger charge is -2.26. The molecule has 1 amide bonds. The van der Waals surface area contributed by atoms with E-state index < -0.39 is 0 Å². The molecule has 0 saturated carbocycles. The van der Waals surface area contributed by atoms with Gasteiger partial charge in [0, 0.05) is 49.2 Å². The van der Waals surface area contributed by atoms with Gasteiger partial charge in [-0.3, -0.25) is 19.5 Å². The SMILES string of the molecule is O=C1CN(Cc2ccc(-c3nc(-c4cccnc4)cc(=O)[nH]3)cc2)CCN1. The van der Waals surface area contributed by atoms with E-state index in [9.17, 15) is 9.59 Å². The molecule has 27 heavy (non-hydrogen) atoms. The molecule has 4 rings (SSSR count). The molecule has 1 aromatic carbocycles. The van der Waals surface area contributed by atoms with Crippen LogP contribution in [0, 0.1) is 0 Å². The Bertz CT molecular complexity index is 999. The van der Waals surface area contributed by atoms with Gasteiger partial charge < -0.3 is 10.3 Å². The minimum absolute atomic E-state index is 0.0619. The van der Waals surface area contributed by atoms with Crippen LogP contribution in [0.3, 0.4) is 0 Å². The maximum atomic E-state index is 12.1. The van der Waals surface area contributed by atoms with E-state index in [2.05, 4.69) is 25.2 Å². The van der Waals surface area contributed by atoms with Crippen molar-refractivity contribution in [3.63, 3.8) is 0 Å². The Balaban J connectivity index is 1.56. The quantitative estimate of drug-likeness (QED) is 0.734. The van der Waals surface area contributed by atoms with Crippen molar-refractivity contribution in [2.45, 2.75) is 6.54 Å². The van der Waals surface area contributed by atoms with E-state index in [0.29, 0.717) is 31.2 Å². The number of carbonyl (C=O) groups is 1. The molecular weight excluding hydrogens is 342 g/mol. The zero-order valence-electron chi connectivity index (χ0n) is 14.7. The van der Waals surface area contributed by atoms with Crippen molar-refractivity contribution >= 4 is 5.91 Å². The number of pyridine rings is 1. The number of H-pyrrole nitrogens is 1. The summed E-state index contributed by atoms with van der Waals surface area (Å²) in [5.41, 5.74) is 3.12. The third-order valence-electron chi connectivity index (χ3n) is 4.45. The molecule has 7 heteroatoms. The molecule has 3 heterocycles. The van der Waals surface area contributed by atoms with Gasteiger partial charge in [0.25, 0.3) is 5.56 Å². The lowest BCUT2D eigenvalue weighted by Crippen LogP contribution is -2.47. The number of benzene rings is 1. The minimum Gasteiger partial charge on any atom is -0.354 e. The van der Waals surface area contributed by atoms with Gasteiger partial charge in [0.05, 0.1) is 12.2 Å². The van der Waals surface area contributed by atoms with E-state index in [0.717, 1.165) is 23.2 Å². The molecule has 1 fully saturated rings. The zero-order valence-corrected chi connectivity index (χ0v) is 14.7. The second-order valence-electron chi connectivity index (χ2n) is 6.48. The predicted octanol–water partition coefficient (Wildman–Crippen LogP) is 1.43. The molecule has 2 aromatic heterocycles. The van der Waals surface area contributed by atoms with Gasteiger partial charge in [0.15, 0.2) is 0 Å². The number of aromatic amines is 1. The normalized spacial score (nSPS) is 14.7. The first-order chi connectivity index (χ1) is 13.2. The molecule has 7 nitrogen and oxygen atoms in total. The maximum absolute atomic E-state index is 12.1. The highest BCUT2D eigenvalue weighted by Gasteiger charge is 2.16. The first-order valence-electron chi connectivity index (χ1n) is 8.77. The summed E-state index contributed by atoms with van der Waals surface area (Å²) < 4.78 is 0. The topological polar surface area (TPSA) is 91.0 Å². The summed E-state index contributed by atoms with van der Waals surface area (Å²) in [5.74, 6) is 0.581. The zero-order chi connectivity index (χ0) is 18.6. The van der Waals surface area contributed by atoms with Crippen molar-refractivity contribution < 1.29 is 4.79 Å². The van der Waals surface area contributed by atoms with Crippen molar-refractivity contribution in [3.8, 4) is 22.6 Å². The molecule has 136 valence electrons. The molecule has 2 N–H and O–H groups in total. The van der Waals surface area contributed by atoms with Crippen LogP contribution in [0.4, 0.5) is 0 Å². The summed E-state index contributed by atoms with van der Waals surface area (Å²) >= 11 is 0. The Labute approximate surface area is 156 Å². The number of amides is 1. The Morgan fingerprint density at radius 3 is 2.67 bits per heavy atom. The van der Waals surface area contributed by atoms with Crippen LogP contribution < -0.4 is 10.9 Å². The highest BCUT2D eigenvalue weighted by molar-refractivity contribution is 5.78. The Morgan fingerprint density at radius 1 is 1.07 bits per heavy atom. The summed E-state index contributed by atoms with van der Waals surface area (Å²) in [6.45, 7) is 2.66. The molecule has 1 aliphatic heterocycles. The summed E-state index contributed by atoms with van der Waals surface area (Å²) in [7, 11) is 0. The fourth-order valence-electron chi connectivity index (χ4n) is 3.11. The van der Waals surface area contributed by atoms with E-state index in [1.165, 1.54) is 6.07 Å². The van der Waals surface area contributed by atoms with Crippen molar-refractivity contribution in [3.05, 3.63) is 70.8 Å². The molecule has 0 atom stereocenters. The summed E-state index contributed by atoms with van der Waals surface area (Å²) in [4.78, 5) is 37.1. The Kier molecular flexibility index (Phi) is 4.76. The van der Waals surface area contributed by atoms with E-state index in [-0.39, 0.29) is 11.5 Å². The van der Waals surface area contributed by atoms with E-state index >= 15 is 0 Å². The molecule has 1 aliphatic rings. The third-order valence-corrected chi connectivity index (χ3v) is 4.45. The summed E-state index contributed by atoms with van der Waals surface area (Å²) in [6.07, 6.45) is 3.37. The van der Waals surface area contributed by atoms with Gasteiger partial charge >= 0.3 is 0 Å². The Morgan fingerprint density at radius 2 is 1.93 bits per heavy atom. The fourth-order valence-corrected chi connectivity index (χ4v) is 3.11. The monoisotopic (exact) mass is 361 g/mol. The minimum atomic E-state index is -0.206. The van der Waals surface area contributed by atoms with Gasteiger partial charge in [0.1, 0.15) is 5.82 Å². The van der Waals surface area contributed by atoms with Gasteiger partial charge in [-0.1, -0.05) is 24.3 Å². The molecule has 0 bridgehead atoms. The van der Waals surface area contributed by atoms with Crippen LogP contribution in [0.1, 0.15) is 5.56 Å². The number of aromatic nitrogens is 3. The molecular formula is C20H19N5O2. The molecule has 0 radical (unpaired) electrons. The second kappa shape index (κ2) is 7.51. The smallest absolute Gasteiger partial charge is 0.251 e. The highest BCUT2D eigenvalue weighted by atomic mass is 16.2. The van der Waals surface area contributed by atoms with Gasteiger partial charge in [-0.05, 0) is 17.7 Å². The third kappa shape index (κ3) is 4.09. The maximum Gasteiger partial charge on any atom is 0.251 e. The average molecular weight is 361 g/mol. The number of hydrogen-bond donors (Lipinski definition) is 2. The van der Waals surface area contributed by atoms with E-state index in [1.54, 1.807) is 12.4 Å². The standard InChI is InChI=1S/C20H19N5O2/c26-18-10-17(16-2-1-7-21-11-16)23-20(24-18)15-5-3-14(4-6-15)12-25-9-8-22-19(27)13-25/h1-7,10-11H,8-9,12-13H2,(H,22,27)(H,23,24,26). The number of piperazine rings is 1. The van der Waals surface area contributed by atoms with Crippen LogP contribution >= 0.6 is 0 Å². The van der Waals surface area contributed by atoms with Crippen LogP contribution in [-0.2, 0) is 11.3 Å². The van der Waals surface area contributed by atoms with Crippen LogP contribution in [0.2, 0.25) is 0 Å². The summed E-state index contributed by atoms with van der Waals surface area (Å²) in [6, 6.07) is 13.0. The average Bonchev–Trinajstić information content (AvgIpc) is 2.69. The highest BCUT2D eigenvalue weighted by Crippen LogP contribution is 2.19. The van der Waals surface area contributed by atoms with Gasteiger partial charge in [-0.2, -0.15) is 0 Å². The second-order valence-corrected chi connectivity index (χ2v) is 6.48. The molecule has 1 saturated heterocycles. The Hall–Kier alpha value is -3.32. The molecule has 0 unspecified atom stereocenters. The fraction of sp³-hybridized carbons (Fsp3) is 0.200. The van der Waals surface area contributed by atoms with Crippen molar-refractivity contribution in [2.75, 3.05) is 19.6 Å². The first kappa shape index (κ1) is 17.1. The summed E-state index contributed by atoms with van der Waals surface area (Å²) in [5, 5.41) is 2.83. The number of nitrogens with one attached hydrogen (secondary N) is 2. The lowest BCUT2D eigenvalue weighted by molar-refractivity contribution is -0.124. The largest absolute Gasteiger partial charge is 0.354 e. The van der Waals surface area contributed by atoms with Crippen LogP contribution in [0.15, 0.2) is 59.7 Å². The number of carbonyl (C=O) groups excluding carboxylic acids is 1. The van der Waals surface area contributed by atoms with E-state index in [1.807, 2.05) is 36.4 Å². The first-order valence-corrected chi connectivity index (χ1v) is 8.77. The lowest BCUT2D eigenvalue weighted by atomic mass is 10.1. The van der Waals surface area contributed by atoms with Crippen LogP contribution in [0.5, 0.6) is 0 Å². The molecule has 0 aliphatic carbocycles. The predicted molar refractivity (Wildman–Crippen MR) is 102 cm³/mol. The number of rotatable bonds is 4. The van der Waals surface area contributed by atoms with E-state index in [4.69, 9.17) is 0 Å². The molecule has 0 spiro atoms. The van der Waals surface area contributed by atoms with Crippen molar-refractivity contribution in [1.82, 2.24) is 25.2 Å². The van der Waals surface area contributed by atoms with Crippen LogP contribution in [-0.4, -0.2) is 45.4 Å². The van der Waals surface area contributed by atoms with Crippen molar-refractivity contribution in [2.24, 2.45) is 0 Å². The number of nitrogens with zero attached hydrogens (tertiary/aromatic N) is 3. The van der Waals surface area contributed by atoms with Gasteiger partial charge in [-0.25, -0.2) is 4.98 Å².